The highest BCUT2D eigenvalue weighted by molar-refractivity contribution is 5.94. The number of carbonyl (C=O) groups is 2. The largest absolute Gasteiger partial charge is 0.481 e. The normalized spacial score (nSPS) is 28.0. The molecule has 0 radical (unpaired) electrons. The van der Waals surface area contributed by atoms with E-state index in [1.165, 1.54) is 139 Å². The molecule has 1 amide bonds. The Labute approximate surface area is 699 Å². The molecule has 8 unspecified atom stereocenters. The molecule has 22 N–H and O–H groups in total. The second-order valence-corrected chi connectivity index (χ2v) is 30.4. The van der Waals surface area contributed by atoms with Crippen molar-refractivity contribution in [3.8, 4) is 0 Å². The summed E-state index contributed by atoms with van der Waals surface area (Å²) in [4.78, 5) is 44.4. The molecule has 4 aliphatic heterocycles. The highest BCUT2D eigenvalue weighted by atomic mass is 16.8. The number of aliphatic carboxylic acids is 1. The van der Waals surface area contributed by atoms with Gasteiger partial charge in [-0.2, -0.15) is 0 Å². The van der Waals surface area contributed by atoms with Crippen LogP contribution in [0.4, 0.5) is 22.7 Å². The van der Waals surface area contributed by atoms with E-state index in [9.17, 15) is 112 Å². The molecule has 8 rings (SSSR count). The number of aromatic nitrogens is 4. The van der Waals surface area contributed by atoms with Gasteiger partial charge in [-0.15, -0.1) is 0 Å². The van der Waals surface area contributed by atoms with E-state index in [0.717, 1.165) is 38.5 Å². The smallest absolute Gasteiger partial charge is 0.305 e. The number of rotatable bonds is 53. The molecule has 4 aromatic rings. The quantitative estimate of drug-likeness (QED) is 0.0128. The van der Waals surface area contributed by atoms with Crippen LogP contribution in [0.3, 0.4) is 0 Å². The number of carboxylic acids is 1. The number of nitro groups is 2. The molecule has 0 spiro atoms. The molecule has 43 heteroatoms. The number of allylic oxidation sites excluding steroid dienone is 2. The molecule has 2 aromatic carbocycles. The number of nitrogens with zero attached hydrogens (tertiary/aromatic N) is 6. The van der Waals surface area contributed by atoms with Gasteiger partial charge in [0, 0.05) is 31.6 Å². The number of nitro benzene ring substituents is 2. The third kappa shape index (κ3) is 32.5. The Morgan fingerprint density at radius 2 is 0.810 bits per heavy atom. The summed E-state index contributed by atoms with van der Waals surface area (Å²) in [6.45, 7) is 1.09. The molecule has 0 saturated carbocycles. The fraction of sp³-hybridized carbons (Fsp3) is 0.769. The van der Waals surface area contributed by atoms with E-state index in [1.807, 2.05) is 12.2 Å². The number of aliphatic hydroxyl groups excluding tert-OH is 16. The Hall–Kier alpha value is -6.94. The number of unbranched alkanes of at least 4 members (excludes halogenated alkanes) is 22. The fourth-order valence-corrected chi connectivity index (χ4v) is 13.9. The number of benzene rings is 2. The maximum atomic E-state index is 13.2. The van der Waals surface area contributed by atoms with Gasteiger partial charge in [-0.25, -0.2) is 9.26 Å². The SMILES string of the molecule is CCCCCCCCCCCCC/C=C/[C@@H](O)[C@@H](N)CO[C@@H]1OC(CO)[C@@H](O[C@@H]2OC(CO)[C@H](O)[C@H](O)C2O)[C@H](O)C1O.CCCCCCCCCCCCC/C=C/[C@@H](O)[C@H](CO[C@@H]1OC(CO)[C@@H](O[C@@H]2OC(CO)[C@H](O)[C@H](O)C2O)[C@H](O)C1O)NC(=O)CCNc1ccc([N+](=O)[O-])c2nonc12.O=C(O)CCNc1ccc([N+](=O)[O-])c2nonc12. The lowest BCUT2D eigenvalue weighted by Gasteiger charge is -2.46. The lowest BCUT2D eigenvalue weighted by Crippen LogP contribution is -2.65. The molecule has 4 aliphatic rings. The van der Waals surface area contributed by atoms with Crippen molar-refractivity contribution in [1.82, 2.24) is 25.9 Å². The summed E-state index contributed by atoms with van der Waals surface area (Å²) >= 11 is 0. The first-order valence-corrected chi connectivity index (χ1v) is 41.8. The third-order valence-electron chi connectivity index (χ3n) is 21.1. The van der Waals surface area contributed by atoms with Gasteiger partial charge in [0.1, 0.15) is 97.7 Å². The average Bonchev–Trinajstić information content (AvgIpc) is 1.76. The Morgan fingerprint density at radius 1 is 0.463 bits per heavy atom. The predicted molar refractivity (Wildman–Crippen MR) is 428 cm³/mol. The van der Waals surface area contributed by atoms with Crippen LogP contribution >= 0.6 is 0 Å². The van der Waals surface area contributed by atoms with Crippen molar-refractivity contribution in [2.75, 3.05) is 63.4 Å². The van der Waals surface area contributed by atoms with E-state index in [0.29, 0.717) is 17.8 Å². The van der Waals surface area contributed by atoms with Gasteiger partial charge in [-0.3, -0.25) is 29.8 Å². The van der Waals surface area contributed by atoms with E-state index >= 15 is 0 Å². The van der Waals surface area contributed by atoms with Crippen LogP contribution in [0.15, 0.2) is 57.8 Å². The molecule has 43 nitrogen and oxygen atoms in total. The summed E-state index contributed by atoms with van der Waals surface area (Å²) in [6, 6.07) is 3.39. The van der Waals surface area contributed by atoms with Gasteiger partial charge in [0.2, 0.25) is 16.9 Å². The second-order valence-electron chi connectivity index (χ2n) is 30.4. The standard InChI is InChI=1S/C39H63N5O16.C30H57NO12.C9H8N4O5/c1-2-3-4-5-6-7-8-9-10-11-12-13-14-15-26(47)24(41-29(48)18-19-40-23-16-17-25(44(54)55)31-30(23)42-60-43-31)22-56-38-36(53)34(51)37(28(21-46)58-38)59-39-35(52)33(50)32(49)27(20-45)57-39;1-2-3-4-5-6-7-8-9-10-11-12-13-14-15-20(34)19(31)18-40-29-27(39)25(37)28(22(17-33)42-29)43-30-26(38)24(36)23(35)21(16-32)41-30;14-7(15)3-4-10-5-1-2-6(13(16)17)9-8(5)11-18-12-9/h14-17,24,26-28,32-40,45-47,49-53H,2-13,18-22H2,1H3,(H,41,48);14-15,19-30,32-39H,2-13,16-18,31H2,1H3;1-2,10H,3-4H2,(H,14,15)/b2*15-14+;/t24-,26+,27?,28?,32-,33-,34+,35?,36?,37+,38+,39-;19-,20+,21?,22?,23-,24-,25+,26?,27?,28+,29+,30-;/m00./s1. The minimum Gasteiger partial charge on any atom is -0.481 e. The summed E-state index contributed by atoms with van der Waals surface area (Å²) in [6.07, 6.45) is 0.890. The minimum atomic E-state index is -1.83. The summed E-state index contributed by atoms with van der Waals surface area (Å²) in [5.41, 5.74) is 6.57. The summed E-state index contributed by atoms with van der Waals surface area (Å²) in [5, 5.41) is 218. The average molecular weight is 1730 g/mol. The van der Waals surface area contributed by atoms with Crippen molar-refractivity contribution < 1.29 is 153 Å². The highest BCUT2D eigenvalue weighted by Gasteiger charge is 2.53. The van der Waals surface area contributed by atoms with E-state index in [1.54, 1.807) is 6.08 Å². The van der Waals surface area contributed by atoms with Crippen LogP contribution in [0, 0.1) is 20.2 Å². The molecule has 2 aromatic heterocycles. The Bertz CT molecular complexity index is 3640. The monoisotopic (exact) mass is 1730 g/mol. The molecule has 4 fully saturated rings. The van der Waals surface area contributed by atoms with Crippen LogP contribution < -0.4 is 21.7 Å². The van der Waals surface area contributed by atoms with Gasteiger partial charge in [0.25, 0.3) is 0 Å². The van der Waals surface area contributed by atoms with Crippen LogP contribution in [0.1, 0.15) is 181 Å². The minimum absolute atomic E-state index is 0.0281. The van der Waals surface area contributed by atoms with Gasteiger partial charge < -0.3 is 146 Å². The van der Waals surface area contributed by atoms with Gasteiger partial charge in [0.05, 0.1) is 91.6 Å². The number of hydrogen-bond donors (Lipinski definition) is 21. The molecule has 6 heterocycles. The predicted octanol–water partition coefficient (Wildman–Crippen LogP) is 1.27. The topological polar surface area (TPSA) is 678 Å². The van der Waals surface area contributed by atoms with Gasteiger partial charge in [-0.1, -0.05) is 167 Å². The van der Waals surface area contributed by atoms with E-state index in [-0.39, 0.29) is 66.0 Å². The Balaban J connectivity index is 0.000000321. The number of hydrogen-bond acceptors (Lipinski definition) is 39. The third-order valence-corrected chi connectivity index (χ3v) is 21.1. The number of nitrogens with two attached hydrogens (primary N) is 1. The summed E-state index contributed by atoms with van der Waals surface area (Å²) < 4.78 is 53.5. The van der Waals surface area contributed by atoms with Crippen LogP contribution in [-0.2, 0) is 47.5 Å². The van der Waals surface area contributed by atoms with Crippen LogP contribution in [0.25, 0.3) is 22.1 Å². The van der Waals surface area contributed by atoms with Gasteiger partial charge in [0.15, 0.2) is 36.2 Å². The van der Waals surface area contributed by atoms with Crippen molar-refractivity contribution in [2.45, 2.75) is 328 Å². The molecule has 24 atom stereocenters. The van der Waals surface area contributed by atoms with E-state index < -0.39 is 202 Å². The van der Waals surface area contributed by atoms with Gasteiger partial charge in [-0.05, 0) is 58.4 Å². The first-order valence-electron chi connectivity index (χ1n) is 41.8. The number of ether oxygens (including phenoxy) is 8. The Kier molecular flexibility index (Phi) is 47.1. The molecule has 688 valence electrons. The summed E-state index contributed by atoms with van der Waals surface area (Å²) in [7, 11) is 0. The molecule has 121 heavy (non-hydrogen) atoms. The van der Waals surface area contributed by atoms with Crippen LogP contribution in [0.5, 0.6) is 0 Å². The van der Waals surface area contributed by atoms with E-state index in [2.05, 4.69) is 59.7 Å². The number of fused-ring (bicyclic) bond motifs is 2. The van der Waals surface area contributed by atoms with Crippen molar-refractivity contribution in [1.29, 1.82) is 0 Å². The van der Waals surface area contributed by atoms with Gasteiger partial charge >= 0.3 is 17.3 Å². The number of carboxylic acid groups (broad SMARTS) is 1. The summed E-state index contributed by atoms with van der Waals surface area (Å²) in [5.74, 6) is -1.48. The molecule has 0 bridgehead atoms. The number of non-ortho nitro benzene ring substituents is 2. The van der Waals surface area contributed by atoms with Crippen molar-refractivity contribution in [2.24, 2.45) is 5.73 Å². The molecular weight excluding hydrogens is 1600 g/mol. The van der Waals surface area contributed by atoms with Crippen LogP contribution in [0.2, 0.25) is 0 Å². The Morgan fingerprint density at radius 3 is 1.19 bits per heavy atom. The van der Waals surface area contributed by atoms with Crippen LogP contribution in [-0.4, -0.2) is 329 Å². The molecule has 0 aliphatic carbocycles. The number of carbonyl (C=O) groups excluding carboxylic acids is 1. The first kappa shape index (κ1) is 103. The zero-order valence-electron chi connectivity index (χ0n) is 68.4. The maximum absolute atomic E-state index is 13.2. The van der Waals surface area contributed by atoms with E-state index in [4.69, 9.17) is 48.7 Å². The molecule has 4 saturated heterocycles. The number of amides is 1. The zero-order valence-corrected chi connectivity index (χ0v) is 68.4. The number of nitrogens with one attached hydrogen (secondary N) is 3. The van der Waals surface area contributed by atoms with Crippen molar-refractivity contribution in [3.63, 3.8) is 0 Å². The maximum Gasteiger partial charge on any atom is 0.305 e. The van der Waals surface area contributed by atoms with Crippen molar-refractivity contribution >= 4 is 56.7 Å². The second kappa shape index (κ2) is 55.4. The fourth-order valence-electron chi connectivity index (χ4n) is 13.9. The zero-order chi connectivity index (χ0) is 88.5. The number of aliphatic hydroxyl groups is 16. The number of anilines is 2. The lowest BCUT2D eigenvalue weighted by molar-refractivity contribution is -0.383. The van der Waals surface area contributed by atoms with Crippen molar-refractivity contribution in [3.05, 3.63) is 68.8 Å². The first-order chi connectivity index (χ1) is 58.2. The highest BCUT2D eigenvalue weighted by Crippen LogP contribution is 2.35. The lowest BCUT2D eigenvalue weighted by atomic mass is 9.97. The molecular formula is C78H128N10O33.